The second-order valence-corrected chi connectivity index (χ2v) is 4.85. The minimum Gasteiger partial charge on any atom is -0.476 e. The second kappa shape index (κ2) is 5.59. The van der Waals surface area contributed by atoms with E-state index in [1.54, 1.807) is 17.5 Å². The Kier molecular flexibility index (Phi) is 3.88. The van der Waals surface area contributed by atoms with Crippen molar-refractivity contribution in [1.82, 2.24) is 9.97 Å². The molecule has 6 heteroatoms. The zero-order valence-corrected chi connectivity index (χ0v) is 10.7. The van der Waals surface area contributed by atoms with Crippen LogP contribution in [0.2, 0.25) is 0 Å². The Bertz CT molecular complexity index is 528. The summed E-state index contributed by atoms with van der Waals surface area (Å²) in [6, 6.07) is 4.10. The summed E-state index contributed by atoms with van der Waals surface area (Å²) in [5.74, 6) is -0.484. The fourth-order valence-electron chi connectivity index (χ4n) is 1.49. The standard InChI is InChI=1S/C12H13N3O2S/c1-15(5-4-9-3-2-6-18-9)11-8-13-7-10(14-11)12(16)17/h2-3,6-8H,4-5H2,1H3,(H,16,17). The number of rotatable bonds is 5. The first-order chi connectivity index (χ1) is 8.66. The number of likely N-dealkylation sites (N-methyl/N-ethyl adjacent to an activating group) is 1. The Morgan fingerprint density at radius 1 is 1.50 bits per heavy atom. The molecule has 0 unspecified atom stereocenters. The first kappa shape index (κ1) is 12.5. The third-order valence-corrected chi connectivity index (χ3v) is 3.44. The fourth-order valence-corrected chi connectivity index (χ4v) is 2.19. The molecule has 0 saturated heterocycles. The molecule has 94 valence electrons. The molecular formula is C12H13N3O2S. The third-order valence-electron chi connectivity index (χ3n) is 2.51. The van der Waals surface area contributed by atoms with Gasteiger partial charge in [0.1, 0.15) is 5.82 Å². The molecule has 1 N–H and O–H groups in total. The molecule has 0 aliphatic carbocycles. The lowest BCUT2D eigenvalue weighted by atomic mass is 10.3. The van der Waals surface area contributed by atoms with Gasteiger partial charge in [-0.2, -0.15) is 0 Å². The van der Waals surface area contributed by atoms with Gasteiger partial charge in [0.25, 0.3) is 0 Å². The number of aromatic carboxylic acids is 1. The molecule has 5 nitrogen and oxygen atoms in total. The fraction of sp³-hybridized carbons (Fsp3) is 0.250. The van der Waals surface area contributed by atoms with Crippen molar-refractivity contribution in [3.8, 4) is 0 Å². The maximum Gasteiger partial charge on any atom is 0.356 e. The Morgan fingerprint density at radius 2 is 2.33 bits per heavy atom. The third kappa shape index (κ3) is 3.04. The van der Waals surface area contributed by atoms with Gasteiger partial charge in [-0.25, -0.2) is 9.78 Å². The van der Waals surface area contributed by atoms with Gasteiger partial charge in [-0.05, 0) is 17.9 Å². The lowest BCUT2D eigenvalue weighted by Gasteiger charge is -2.17. The van der Waals surface area contributed by atoms with Gasteiger partial charge in [0.2, 0.25) is 0 Å². The maximum absolute atomic E-state index is 10.8. The van der Waals surface area contributed by atoms with E-state index >= 15 is 0 Å². The van der Waals surface area contributed by atoms with E-state index in [0.717, 1.165) is 13.0 Å². The van der Waals surface area contributed by atoms with Crippen LogP contribution in [-0.2, 0) is 6.42 Å². The van der Waals surface area contributed by atoms with Gasteiger partial charge in [0, 0.05) is 18.5 Å². The summed E-state index contributed by atoms with van der Waals surface area (Å²) >= 11 is 1.71. The minimum absolute atomic E-state index is 0.0320. The highest BCUT2D eigenvalue weighted by molar-refractivity contribution is 7.09. The van der Waals surface area contributed by atoms with Gasteiger partial charge in [0.15, 0.2) is 5.69 Å². The molecular weight excluding hydrogens is 250 g/mol. The monoisotopic (exact) mass is 263 g/mol. The molecule has 0 amide bonds. The zero-order chi connectivity index (χ0) is 13.0. The van der Waals surface area contributed by atoms with E-state index < -0.39 is 5.97 Å². The van der Waals surface area contributed by atoms with Crippen molar-refractivity contribution in [1.29, 1.82) is 0 Å². The Labute approximate surface area is 109 Å². The minimum atomic E-state index is -1.06. The van der Waals surface area contributed by atoms with E-state index in [1.807, 2.05) is 23.4 Å². The van der Waals surface area contributed by atoms with Crippen LogP contribution in [0.15, 0.2) is 29.9 Å². The van der Waals surface area contributed by atoms with E-state index in [-0.39, 0.29) is 5.69 Å². The molecule has 0 aliphatic heterocycles. The summed E-state index contributed by atoms with van der Waals surface area (Å²) in [5, 5.41) is 10.9. The summed E-state index contributed by atoms with van der Waals surface area (Å²) in [5.41, 5.74) is -0.0320. The van der Waals surface area contributed by atoms with Crippen molar-refractivity contribution in [2.75, 3.05) is 18.5 Å². The normalized spacial score (nSPS) is 10.3. The average molecular weight is 263 g/mol. The molecule has 0 radical (unpaired) electrons. The Balaban J connectivity index is 2.02. The molecule has 2 rings (SSSR count). The van der Waals surface area contributed by atoms with Crippen LogP contribution in [0.3, 0.4) is 0 Å². The van der Waals surface area contributed by atoms with Crippen LogP contribution < -0.4 is 4.90 Å². The average Bonchev–Trinajstić information content (AvgIpc) is 2.89. The molecule has 0 spiro atoms. The quantitative estimate of drug-likeness (QED) is 0.892. The van der Waals surface area contributed by atoms with Gasteiger partial charge >= 0.3 is 5.97 Å². The number of carboxylic acid groups (broad SMARTS) is 1. The number of thiophene rings is 1. The number of hydrogen-bond acceptors (Lipinski definition) is 5. The van der Waals surface area contributed by atoms with E-state index in [0.29, 0.717) is 5.82 Å². The van der Waals surface area contributed by atoms with E-state index in [4.69, 9.17) is 5.11 Å². The first-order valence-electron chi connectivity index (χ1n) is 5.45. The maximum atomic E-state index is 10.8. The molecule has 2 aromatic rings. The van der Waals surface area contributed by atoms with Crippen molar-refractivity contribution in [3.05, 3.63) is 40.5 Å². The van der Waals surface area contributed by atoms with Crippen molar-refractivity contribution >= 4 is 23.1 Å². The number of aromatic nitrogens is 2. The van der Waals surface area contributed by atoms with Gasteiger partial charge < -0.3 is 10.0 Å². The molecule has 0 saturated carbocycles. The second-order valence-electron chi connectivity index (χ2n) is 3.82. The molecule has 18 heavy (non-hydrogen) atoms. The van der Waals surface area contributed by atoms with Crippen LogP contribution in [0.4, 0.5) is 5.82 Å². The summed E-state index contributed by atoms with van der Waals surface area (Å²) in [7, 11) is 1.88. The van der Waals surface area contributed by atoms with Crippen molar-refractivity contribution in [3.63, 3.8) is 0 Å². The molecule has 2 aromatic heterocycles. The number of carbonyl (C=O) groups is 1. The van der Waals surface area contributed by atoms with E-state index in [9.17, 15) is 4.79 Å². The highest BCUT2D eigenvalue weighted by atomic mass is 32.1. The van der Waals surface area contributed by atoms with E-state index in [1.165, 1.54) is 11.1 Å². The lowest BCUT2D eigenvalue weighted by molar-refractivity contribution is 0.0690. The Morgan fingerprint density at radius 3 is 3.00 bits per heavy atom. The molecule has 0 fully saturated rings. The van der Waals surface area contributed by atoms with Crippen molar-refractivity contribution in [2.45, 2.75) is 6.42 Å². The van der Waals surface area contributed by atoms with Crippen LogP contribution in [0.5, 0.6) is 0 Å². The SMILES string of the molecule is CN(CCc1cccs1)c1cncc(C(=O)O)n1. The predicted molar refractivity (Wildman–Crippen MR) is 70.3 cm³/mol. The smallest absolute Gasteiger partial charge is 0.356 e. The molecule has 0 aromatic carbocycles. The zero-order valence-electron chi connectivity index (χ0n) is 9.91. The summed E-state index contributed by atoms with van der Waals surface area (Å²) in [6.45, 7) is 0.776. The van der Waals surface area contributed by atoms with Crippen LogP contribution in [0.25, 0.3) is 0 Å². The number of carboxylic acids is 1. The largest absolute Gasteiger partial charge is 0.476 e. The van der Waals surface area contributed by atoms with Crippen LogP contribution in [0, 0.1) is 0 Å². The van der Waals surface area contributed by atoms with E-state index in [2.05, 4.69) is 16.0 Å². The van der Waals surface area contributed by atoms with Crippen LogP contribution >= 0.6 is 11.3 Å². The van der Waals surface area contributed by atoms with Gasteiger partial charge in [-0.15, -0.1) is 11.3 Å². The Hall–Kier alpha value is -1.95. The lowest BCUT2D eigenvalue weighted by Crippen LogP contribution is -2.22. The molecule has 0 bridgehead atoms. The van der Waals surface area contributed by atoms with Crippen LogP contribution in [0.1, 0.15) is 15.4 Å². The van der Waals surface area contributed by atoms with Gasteiger partial charge in [-0.1, -0.05) is 6.07 Å². The summed E-state index contributed by atoms with van der Waals surface area (Å²) in [6.07, 6.45) is 3.73. The number of nitrogens with zero attached hydrogens (tertiary/aromatic N) is 3. The summed E-state index contributed by atoms with van der Waals surface area (Å²) in [4.78, 5) is 21.9. The van der Waals surface area contributed by atoms with Crippen molar-refractivity contribution in [2.24, 2.45) is 0 Å². The van der Waals surface area contributed by atoms with Gasteiger partial charge in [-0.3, -0.25) is 4.98 Å². The highest BCUT2D eigenvalue weighted by Gasteiger charge is 2.09. The summed E-state index contributed by atoms with van der Waals surface area (Å²) < 4.78 is 0. The number of hydrogen-bond donors (Lipinski definition) is 1. The van der Waals surface area contributed by atoms with Crippen molar-refractivity contribution < 1.29 is 9.90 Å². The van der Waals surface area contributed by atoms with Gasteiger partial charge in [0.05, 0.1) is 12.4 Å². The molecule has 0 atom stereocenters. The molecule has 0 aliphatic rings. The highest BCUT2D eigenvalue weighted by Crippen LogP contribution is 2.12. The topological polar surface area (TPSA) is 66.3 Å². The predicted octanol–water partition coefficient (Wildman–Crippen LogP) is 1.92. The number of anilines is 1. The van der Waals surface area contributed by atoms with Crippen LogP contribution in [-0.4, -0.2) is 34.6 Å². The molecule has 2 heterocycles. The first-order valence-corrected chi connectivity index (χ1v) is 6.33.